The Kier molecular flexibility index (Phi) is 5.35. The Morgan fingerprint density at radius 3 is 3.20 bits per heavy atom. The molecule has 20 heavy (non-hydrogen) atoms. The van der Waals surface area contributed by atoms with Gasteiger partial charge in [0.1, 0.15) is 0 Å². The van der Waals surface area contributed by atoms with Crippen molar-refractivity contribution in [3.8, 4) is 0 Å². The number of aliphatic hydroxyl groups is 1. The van der Waals surface area contributed by atoms with Crippen molar-refractivity contribution in [2.45, 2.75) is 26.2 Å². The fourth-order valence-corrected chi connectivity index (χ4v) is 2.75. The van der Waals surface area contributed by atoms with Crippen LogP contribution in [0.1, 0.15) is 36.5 Å². The predicted octanol–water partition coefficient (Wildman–Crippen LogP) is 1.75. The van der Waals surface area contributed by atoms with E-state index in [1.165, 1.54) is 0 Å². The van der Waals surface area contributed by atoms with E-state index in [0.29, 0.717) is 11.5 Å². The van der Waals surface area contributed by atoms with Crippen LogP contribution >= 0.6 is 0 Å². The van der Waals surface area contributed by atoms with Crippen molar-refractivity contribution in [2.24, 2.45) is 5.92 Å². The molecule has 0 radical (unpaired) electrons. The predicted molar refractivity (Wildman–Crippen MR) is 78.7 cm³/mol. The quantitative estimate of drug-likeness (QED) is 0.860. The van der Waals surface area contributed by atoms with Gasteiger partial charge in [0, 0.05) is 38.6 Å². The smallest absolute Gasteiger partial charge is 0.257 e. The number of nitrogens with one attached hydrogen (secondary N) is 1. The van der Waals surface area contributed by atoms with Gasteiger partial charge in [-0.1, -0.05) is 0 Å². The molecule has 2 N–H and O–H groups in total. The van der Waals surface area contributed by atoms with Crippen LogP contribution in [0.3, 0.4) is 0 Å². The normalized spacial score (nSPS) is 18.9. The Labute approximate surface area is 120 Å². The summed E-state index contributed by atoms with van der Waals surface area (Å²) < 4.78 is 0. The zero-order valence-corrected chi connectivity index (χ0v) is 12.0. The van der Waals surface area contributed by atoms with Gasteiger partial charge >= 0.3 is 0 Å². The zero-order chi connectivity index (χ0) is 14.4. The molecular weight excluding hydrogens is 254 g/mol. The van der Waals surface area contributed by atoms with Crippen molar-refractivity contribution >= 4 is 11.6 Å². The lowest BCUT2D eigenvalue weighted by molar-refractivity contribution is 0.0654. The van der Waals surface area contributed by atoms with Crippen LogP contribution in [0, 0.1) is 5.92 Å². The van der Waals surface area contributed by atoms with Crippen LogP contribution in [0.5, 0.6) is 0 Å². The van der Waals surface area contributed by atoms with Crippen LogP contribution in [0.4, 0.5) is 5.69 Å². The lowest BCUT2D eigenvalue weighted by Crippen LogP contribution is -2.40. The number of hydrogen-bond acceptors (Lipinski definition) is 4. The van der Waals surface area contributed by atoms with Gasteiger partial charge in [0.15, 0.2) is 0 Å². The van der Waals surface area contributed by atoms with Crippen LogP contribution in [-0.4, -0.2) is 47.1 Å². The van der Waals surface area contributed by atoms with Gasteiger partial charge in [-0.3, -0.25) is 9.78 Å². The minimum Gasteiger partial charge on any atom is -0.396 e. The Balaban J connectivity index is 2.10. The summed E-state index contributed by atoms with van der Waals surface area (Å²) in [6.45, 7) is 4.51. The average molecular weight is 277 g/mol. The van der Waals surface area contributed by atoms with Crippen LogP contribution in [0.2, 0.25) is 0 Å². The number of hydrogen-bond donors (Lipinski definition) is 2. The number of pyridine rings is 1. The maximum absolute atomic E-state index is 12.6. The van der Waals surface area contributed by atoms with Crippen molar-refractivity contribution < 1.29 is 9.90 Å². The highest BCUT2D eigenvalue weighted by Crippen LogP contribution is 2.23. The number of aliphatic hydroxyl groups excluding tert-OH is 1. The third-order valence-corrected chi connectivity index (χ3v) is 3.76. The number of amides is 1. The molecular formula is C15H23N3O2. The van der Waals surface area contributed by atoms with Gasteiger partial charge in [0.05, 0.1) is 11.3 Å². The number of piperidine rings is 1. The first-order valence-corrected chi connectivity index (χ1v) is 7.34. The van der Waals surface area contributed by atoms with Gasteiger partial charge in [-0.2, -0.15) is 0 Å². The van der Waals surface area contributed by atoms with Crippen LogP contribution in [-0.2, 0) is 0 Å². The molecule has 0 aromatic carbocycles. The Morgan fingerprint density at radius 1 is 1.60 bits per heavy atom. The molecule has 2 heterocycles. The van der Waals surface area contributed by atoms with Gasteiger partial charge < -0.3 is 15.3 Å². The minimum atomic E-state index is 0.0386. The number of rotatable bonds is 5. The topological polar surface area (TPSA) is 65.5 Å². The molecule has 5 heteroatoms. The van der Waals surface area contributed by atoms with E-state index in [1.807, 2.05) is 17.9 Å². The summed E-state index contributed by atoms with van der Waals surface area (Å²) in [5, 5.41) is 12.3. The molecule has 1 amide bonds. The van der Waals surface area contributed by atoms with Crippen LogP contribution < -0.4 is 5.32 Å². The van der Waals surface area contributed by atoms with E-state index < -0.39 is 0 Å². The molecule has 1 aliphatic rings. The largest absolute Gasteiger partial charge is 0.396 e. The number of anilines is 1. The molecule has 0 saturated carbocycles. The standard InChI is InChI=1S/C15H23N3O2/c1-2-17-14-5-7-16-10-13(14)15(20)18-8-3-4-12(11-18)6-9-19/h5,7,10,12,19H,2-4,6,8-9,11H2,1H3,(H,16,17). The van der Waals surface area contributed by atoms with Gasteiger partial charge in [0.25, 0.3) is 5.91 Å². The fraction of sp³-hybridized carbons (Fsp3) is 0.600. The summed E-state index contributed by atoms with van der Waals surface area (Å²) >= 11 is 0. The molecule has 1 aromatic heterocycles. The molecule has 1 aromatic rings. The van der Waals surface area contributed by atoms with Crippen LogP contribution in [0.25, 0.3) is 0 Å². The first-order valence-electron chi connectivity index (χ1n) is 7.34. The number of likely N-dealkylation sites (tertiary alicyclic amines) is 1. The van der Waals surface area contributed by atoms with Crippen molar-refractivity contribution in [1.82, 2.24) is 9.88 Å². The Bertz CT molecular complexity index is 448. The third kappa shape index (κ3) is 3.48. The van der Waals surface area contributed by atoms with Crippen LogP contribution in [0.15, 0.2) is 18.5 Å². The molecule has 0 bridgehead atoms. The Hall–Kier alpha value is -1.62. The summed E-state index contributed by atoms with van der Waals surface area (Å²) in [6, 6.07) is 1.84. The Morgan fingerprint density at radius 2 is 2.45 bits per heavy atom. The molecule has 1 unspecified atom stereocenters. The summed E-state index contributed by atoms with van der Waals surface area (Å²) in [7, 11) is 0. The second kappa shape index (κ2) is 7.24. The third-order valence-electron chi connectivity index (χ3n) is 3.76. The van der Waals surface area contributed by atoms with E-state index in [1.54, 1.807) is 12.4 Å². The average Bonchev–Trinajstić information content (AvgIpc) is 2.48. The van der Waals surface area contributed by atoms with Gasteiger partial charge in [-0.25, -0.2) is 0 Å². The number of aromatic nitrogens is 1. The highest BCUT2D eigenvalue weighted by Gasteiger charge is 2.25. The monoisotopic (exact) mass is 277 g/mol. The molecule has 1 fully saturated rings. The zero-order valence-electron chi connectivity index (χ0n) is 12.0. The summed E-state index contributed by atoms with van der Waals surface area (Å²) in [4.78, 5) is 18.6. The van der Waals surface area contributed by atoms with Crippen molar-refractivity contribution in [2.75, 3.05) is 31.6 Å². The molecule has 1 aliphatic heterocycles. The molecule has 5 nitrogen and oxygen atoms in total. The fourth-order valence-electron chi connectivity index (χ4n) is 2.75. The number of carbonyl (C=O) groups is 1. The summed E-state index contributed by atoms with van der Waals surface area (Å²) in [6.07, 6.45) is 6.21. The number of nitrogens with zero attached hydrogens (tertiary/aromatic N) is 2. The van der Waals surface area contributed by atoms with E-state index in [2.05, 4.69) is 10.3 Å². The van der Waals surface area contributed by atoms with Crippen molar-refractivity contribution in [3.05, 3.63) is 24.0 Å². The SMILES string of the molecule is CCNc1ccncc1C(=O)N1CCCC(CCO)C1. The van der Waals surface area contributed by atoms with E-state index in [-0.39, 0.29) is 12.5 Å². The van der Waals surface area contributed by atoms with Crippen molar-refractivity contribution in [1.29, 1.82) is 0 Å². The highest BCUT2D eigenvalue weighted by molar-refractivity contribution is 5.99. The van der Waals surface area contributed by atoms with E-state index in [9.17, 15) is 4.79 Å². The van der Waals surface area contributed by atoms with Crippen molar-refractivity contribution in [3.63, 3.8) is 0 Å². The first kappa shape index (κ1) is 14.8. The number of carbonyl (C=O) groups excluding carboxylic acids is 1. The summed E-state index contributed by atoms with van der Waals surface area (Å²) in [5.41, 5.74) is 1.48. The lowest BCUT2D eigenvalue weighted by atomic mass is 9.94. The van der Waals surface area contributed by atoms with E-state index >= 15 is 0 Å². The molecule has 0 aliphatic carbocycles. The molecule has 110 valence electrons. The highest BCUT2D eigenvalue weighted by atomic mass is 16.3. The molecule has 1 saturated heterocycles. The maximum Gasteiger partial charge on any atom is 0.257 e. The second-order valence-corrected chi connectivity index (χ2v) is 5.22. The van der Waals surface area contributed by atoms with E-state index in [0.717, 1.165) is 44.6 Å². The maximum atomic E-state index is 12.6. The second-order valence-electron chi connectivity index (χ2n) is 5.22. The lowest BCUT2D eigenvalue weighted by Gasteiger charge is -2.33. The van der Waals surface area contributed by atoms with Gasteiger partial charge in [-0.05, 0) is 38.2 Å². The summed E-state index contributed by atoms with van der Waals surface area (Å²) in [5.74, 6) is 0.452. The molecule has 2 rings (SSSR count). The molecule has 1 atom stereocenters. The van der Waals surface area contributed by atoms with Gasteiger partial charge in [-0.15, -0.1) is 0 Å². The van der Waals surface area contributed by atoms with E-state index in [4.69, 9.17) is 5.11 Å². The first-order chi connectivity index (χ1) is 9.76. The molecule has 0 spiro atoms. The minimum absolute atomic E-state index is 0.0386. The van der Waals surface area contributed by atoms with Gasteiger partial charge in [0.2, 0.25) is 0 Å².